The molecule has 0 saturated heterocycles. The molecule has 0 fully saturated rings. The van der Waals surface area contributed by atoms with Gasteiger partial charge in [-0.05, 0) is 36.4 Å². The highest BCUT2D eigenvalue weighted by molar-refractivity contribution is 6.04. The van der Waals surface area contributed by atoms with Crippen LogP contribution < -0.4 is 11.1 Å². The Morgan fingerprint density at radius 1 is 1.15 bits per heavy atom. The van der Waals surface area contributed by atoms with Crippen molar-refractivity contribution in [2.45, 2.75) is 0 Å². The summed E-state index contributed by atoms with van der Waals surface area (Å²) in [4.78, 5) is 12.1. The third-order valence-electron chi connectivity index (χ3n) is 2.87. The summed E-state index contributed by atoms with van der Waals surface area (Å²) in [5, 5.41) is 12.8. The Hall–Kier alpha value is -2.95. The second-order valence-corrected chi connectivity index (χ2v) is 4.41. The van der Waals surface area contributed by atoms with Crippen LogP contribution in [-0.4, -0.2) is 11.0 Å². The molecule has 0 aliphatic carbocycles. The molecule has 3 aromatic rings. The smallest absolute Gasteiger partial charge is 0.291 e. The van der Waals surface area contributed by atoms with Gasteiger partial charge in [0.25, 0.3) is 5.91 Å². The van der Waals surface area contributed by atoms with Gasteiger partial charge in [-0.25, -0.2) is 0 Å². The Bertz CT molecular complexity index is 793. The number of anilines is 2. The lowest BCUT2D eigenvalue weighted by molar-refractivity contribution is 0.0998. The highest BCUT2D eigenvalue weighted by atomic mass is 16.3. The van der Waals surface area contributed by atoms with E-state index in [4.69, 9.17) is 10.2 Å². The number of carbonyl (C=O) groups is 1. The van der Waals surface area contributed by atoms with Crippen LogP contribution in [0.5, 0.6) is 5.75 Å². The van der Waals surface area contributed by atoms with Crippen LogP contribution in [-0.2, 0) is 0 Å². The molecule has 2 aromatic carbocycles. The first-order chi connectivity index (χ1) is 9.61. The fourth-order valence-electron chi connectivity index (χ4n) is 1.95. The number of benzene rings is 2. The molecule has 1 aromatic heterocycles. The summed E-state index contributed by atoms with van der Waals surface area (Å²) in [6, 6.07) is 13.1. The summed E-state index contributed by atoms with van der Waals surface area (Å²) in [5.74, 6) is -0.112. The predicted molar refractivity (Wildman–Crippen MR) is 76.7 cm³/mol. The molecular weight excluding hydrogens is 256 g/mol. The highest BCUT2D eigenvalue weighted by Crippen LogP contribution is 2.23. The van der Waals surface area contributed by atoms with E-state index in [-0.39, 0.29) is 17.4 Å². The van der Waals surface area contributed by atoms with E-state index in [0.717, 1.165) is 5.39 Å². The van der Waals surface area contributed by atoms with E-state index < -0.39 is 0 Å². The quantitative estimate of drug-likeness (QED) is 0.623. The van der Waals surface area contributed by atoms with Crippen molar-refractivity contribution < 1.29 is 14.3 Å². The van der Waals surface area contributed by atoms with Gasteiger partial charge >= 0.3 is 0 Å². The largest absolute Gasteiger partial charge is 0.508 e. The van der Waals surface area contributed by atoms with Crippen LogP contribution in [0.4, 0.5) is 11.4 Å². The second kappa shape index (κ2) is 4.62. The molecule has 1 amide bonds. The molecule has 0 unspecified atom stereocenters. The van der Waals surface area contributed by atoms with Crippen molar-refractivity contribution in [2.24, 2.45) is 0 Å². The summed E-state index contributed by atoms with van der Waals surface area (Å²) in [6.07, 6.45) is 0. The molecule has 3 rings (SSSR count). The molecule has 20 heavy (non-hydrogen) atoms. The van der Waals surface area contributed by atoms with Gasteiger partial charge in [0.2, 0.25) is 0 Å². The van der Waals surface area contributed by atoms with Crippen molar-refractivity contribution >= 4 is 28.3 Å². The first-order valence-electron chi connectivity index (χ1n) is 6.01. The highest BCUT2D eigenvalue weighted by Gasteiger charge is 2.12. The van der Waals surface area contributed by atoms with Gasteiger partial charge in [-0.2, -0.15) is 0 Å². The van der Waals surface area contributed by atoms with Crippen LogP contribution >= 0.6 is 0 Å². The topological polar surface area (TPSA) is 88.5 Å². The van der Waals surface area contributed by atoms with E-state index in [2.05, 4.69) is 5.32 Å². The number of furan rings is 1. The maximum Gasteiger partial charge on any atom is 0.291 e. The van der Waals surface area contributed by atoms with Crippen LogP contribution in [0.15, 0.2) is 52.9 Å². The molecule has 5 heteroatoms. The van der Waals surface area contributed by atoms with E-state index >= 15 is 0 Å². The Labute approximate surface area is 114 Å². The number of nitrogens with two attached hydrogens (primary N) is 1. The van der Waals surface area contributed by atoms with Gasteiger partial charge in [0.1, 0.15) is 11.3 Å². The Morgan fingerprint density at radius 3 is 2.80 bits per heavy atom. The standard InChI is InChI=1S/C15H12N2O3/c16-10-4-5-13-9(6-10)7-14(20-13)15(19)17-11-2-1-3-12(18)8-11/h1-8,18H,16H2,(H,17,19). The van der Waals surface area contributed by atoms with Gasteiger partial charge in [-0.3, -0.25) is 4.79 Å². The lowest BCUT2D eigenvalue weighted by Crippen LogP contribution is -2.10. The number of nitrogen functional groups attached to an aromatic ring is 1. The average Bonchev–Trinajstić information content (AvgIpc) is 2.81. The molecule has 0 saturated carbocycles. The summed E-state index contributed by atoms with van der Waals surface area (Å²) >= 11 is 0. The van der Waals surface area contributed by atoms with Crippen LogP contribution in [0.2, 0.25) is 0 Å². The maximum absolute atomic E-state index is 12.1. The van der Waals surface area contributed by atoms with Crippen molar-refractivity contribution in [3.63, 3.8) is 0 Å². The van der Waals surface area contributed by atoms with Gasteiger partial charge in [-0.1, -0.05) is 6.07 Å². The molecule has 0 aliphatic rings. The van der Waals surface area contributed by atoms with Crippen molar-refractivity contribution in [1.82, 2.24) is 0 Å². The zero-order valence-corrected chi connectivity index (χ0v) is 10.5. The van der Waals surface area contributed by atoms with Gasteiger partial charge in [-0.15, -0.1) is 0 Å². The Morgan fingerprint density at radius 2 is 2.00 bits per heavy atom. The van der Waals surface area contributed by atoms with E-state index in [9.17, 15) is 9.90 Å². The van der Waals surface area contributed by atoms with Crippen LogP contribution in [0, 0.1) is 0 Å². The normalized spacial score (nSPS) is 10.6. The van der Waals surface area contributed by atoms with E-state index in [0.29, 0.717) is 17.0 Å². The molecular formula is C15H12N2O3. The van der Waals surface area contributed by atoms with Crippen LogP contribution in [0.1, 0.15) is 10.6 Å². The predicted octanol–water partition coefficient (Wildman–Crippen LogP) is 2.97. The molecule has 4 N–H and O–H groups in total. The van der Waals surface area contributed by atoms with E-state index in [1.807, 2.05) is 0 Å². The zero-order valence-electron chi connectivity index (χ0n) is 10.5. The number of aromatic hydroxyl groups is 1. The maximum atomic E-state index is 12.1. The fourth-order valence-corrected chi connectivity index (χ4v) is 1.95. The molecule has 100 valence electrons. The van der Waals surface area contributed by atoms with Crippen molar-refractivity contribution in [3.8, 4) is 5.75 Å². The number of amides is 1. The average molecular weight is 268 g/mol. The minimum absolute atomic E-state index is 0.0835. The molecule has 0 radical (unpaired) electrons. The number of hydrogen-bond acceptors (Lipinski definition) is 4. The molecule has 0 atom stereocenters. The molecule has 0 bridgehead atoms. The van der Waals surface area contributed by atoms with Gasteiger partial charge < -0.3 is 20.6 Å². The number of phenols is 1. The minimum atomic E-state index is -0.384. The number of fused-ring (bicyclic) bond motifs is 1. The third-order valence-corrected chi connectivity index (χ3v) is 2.87. The summed E-state index contributed by atoms with van der Waals surface area (Å²) in [7, 11) is 0. The molecule has 0 aliphatic heterocycles. The first-order valence-corrected chi connectivity index (χ1v) is 6.01. The van der Waals surface area contributed by atoms with Crippen molar-refractivity contribution in [1.29, 1.82) is 0 Å². The lowest BCUT2D eigenvalue weighted by Gasteiger charge is -2.02. The molecule has 5 nitrogen and oxygen atoms in total. The van der Waals surface area contributed by atoms with Gasteiger partial charge in [0.05, 0.1) is 0 Å². The number of phenolic OH excluding ortho intramolecular Hbond substituents is 1. The zero-order chi connectivity index (χ0) is 14.1. The number of rotatable bonds is 2. The first kappa shape index (κ1) is 12.1. The minimum Gasteiger partial charge on any atom is -0.508 e. The Kier molecular flexibility index (Phi) is 2.80. The second-order valence-electron chi connectivity index (χ2n) is 4.41. The van der Waals surface area contributed by atoms with Crippen molar-refractivity contribution in [2.75, 3.05) is 11.1 Å². The van der Waals surface area contributed by atoms with Gasteiger partial charge in [0.15, 0.2) is 5.76 Å². The summed E-state index contributed by atoms with van der Waals surface area (Å²) in [6.45, 7) is 0. The molecule has 0 spiro atoms. The SMILES string of the molecule is Nc1ccc2oc(C(=O)Nc3cccc(O)c3)cc2c1. The molecule has 1 heterocycles. The monoisotopic (exact) mass is 268 g/mol. The number of nitrogens with one attached hydrogen (secondary N) is 1. The summed E-state index contributed by atoms with van der Waals surface area (Å²) in [5.41, 5.74) is 7.38. The summed E-state index contributed by atoms with van der Waals surface area (Å²) < 4.78 is 5.46. The van der Waals surface area contributed by atoms with Crippen LogP contribution in [0.3, 0.4) is 0 Å². The lowest BCUT2D eigenvalue weighted by atomic mass is 10.2. The van der Waals surface area contributed by atoms with E-state index in [1.165, 1.54) is 12.1 Å². The van der Waals surface area contributed by atoms with E-state index in [1.54, 1.807) is 36.4 Å². The van der Waals surface area contributed by atoms with Crippen molar-refractivity contribution in [3.05, 3.63) is 54.3 Å². The van der Waals surface area contributed by atoms with Gasteiger partial charge in [0, 0.05) is 22.8 Å². The Balaban J connectivity index is 1.88. The number of carbonyl (C=O) groups excluding carboxylic acids is 1. The fraction of sp³-hybridized carbons (Fsp3) is 0. The third kappa shape index (κ3) is 2.29. The number of hydrogen-bond donors (Lipinski definition) is 3. The van der Waals surface area contributed by atoms with Crippen LogP contribution in [0.25, 0.3) is 11.0 Å².